The monoisotopic (exact) mass is 446 g/mol. The van der Waals surface area contributed by atoms with Gasteiger partial charge in [-0.15, -0.1) is 0 Å². The number of amides is 1. The van der Waals surface area contributed by atoms with E-state index in [-0.39, 0.29) is 5.91 Å². The molecule has 0 N–H and O–H groups in total. The fourth-order valence-electron chi connectivity index (χ4n) is 4.00. The summed E-state index contributed by atoms with van der Waals surface area (Å²) in [6.45, 7) is 5.07. The van der Waals surface area contributed by atoms with E-state index in [2.05, 4.69) is 4.57 Å². The normalized spacial score (nSPS) is 14.3. The number of carbonyl (C=O) groups excluding carboxylic acids is 1. The molecule has 7 heteroatoms. The van der Waals surface area contributed by atoms with Crippen molar-refractivity contribution in [3.63, 3.8) is 0 Å². The van der Waals surface area contributed by atoms with E-state index in [0.717, 1.165) is 33.5 Å². The molecule has 2 heterocycles. The molecule has 0 radical (unpaired) electrons. The number of nitrogens with zero attached hydrogens (tertiary/aromatic N) is 2. The zero-order valence-electron chi connectivity index (χ0n) is 17.1. The third-order valence-electron chi connectivity index (χ3n) is 5.71. The van der Waals surface area contributed by atoms with Crippen LogP contribution in [0.3, 0.4) is 0 Å². The van der Waals surface area contributed by atoms with E-state index in [1.54, 1.807) is 13.2 Å². The van der Waals surface area contributed by atoms with Crippen molar-refractivity contribution in [3.8, 4) is 5.75 Å². The minimum Gasteiger partial charge on any atom is -0.497 e. The number of ether oxygens (including phenoxy) is 2. The molecule has 0 aliphatic carbocycles. The highest BCUT2D eigenvalue weighted by Gasteiger charge is 2.22. The maximum absolute atomic E-state index is 13.0. The molecule has 0 saturated carbocycles. The maximum atomic E-state index is 13.0. The lowest BCUT2D eigenvalue weighted by Gasteiger charge is -2.27. The summed E-state index contributed by atoms with van der Waals surface area (Å²) >= 11 is 12.7. The average Bonchev–Trinajstić information content (AvgIpc) is 3.02. The number of halogens is 2. The molecule has 2 aromatic carbocycles. The first-order chi connectivity index (χ1) is 14.5. The fraction of sp³-hybridized carbons (Fsp3) is 0.348. The van der Waals surface area contributed by atoms with Crippen molar-refractivity contribution in [2.45, 2.75) is 19.9 Å². The first-order valence-electron chi connectivity index (χ1n) is 9.93. The molecule has 1 amide bonds. The number of methoxy groups -OCH3 is 1. The molecule has 1 fully saturated rings. The van der Waals surface area contributed by atoms with Gasteiger partial charge in [-0.1, -0.05) is 35.3 Å². The van der Waals surface area contributed by atoms with Gasteiger partial charge in [0.2, 0.25) is 5.91 Å². The summed E-state index contributed by atoms with van der Waals surface area (Å²) < 4.78 is 13.0. The van der Waals surface area contributed by atoms with Crippen molar-refractivity contribution in [1.29, 1.82) is 0 Å². The molecular weight excluding hydrogens is 423 g/mol. The Kier molecular flexibility index (Phi) is 6.23. The van der Waals surface area contributed by atoms with Crippen LogP contribution in [0.5, 0.6) is 5.75 Å². The molecule has 1 aliphatic heterocycles. The molecule has 0 spiro atoms. The lowest BCUT2D eigenvalue weighted by atomic mass is 10.1. The minimum absolute atomic E-state index is 0.115. The van der Waals surface area contributed by atoms with E-state index in [1.165, 1.54) is 0 Å². The molecule has 1 saturated heterocycles. The first kappa shape index (κ1) is 21.0. The molecule has 3 aromatic rings. The Morgan fingerprint density at radius 3 is 2.67 bits per heavy atom. The second-order valence-electron chi connectivity index (χ2n) is 7.42. The van der Waals surface area contributed by atoms with Gasteiger partial charge in [0.05, 0.1) is 36.8 Å². The smallest absolute Gasteiger partial charge is 0.227 e. The number of carbonyl (C=O) groups is 1. The lowest BCUT2D eigenvalue weighted by molar-refractivity contribution is -0.134. The van der Waals surface area contributed by atoms with Crippen LogP contribution in [0.25, 0.3) is 10.9 Å². The van der Waals surface area contributed by atoms with Crippen LogP contribution >= 0.6 is 23.2 Å². The SMILES string of the molecule is COc1ccc2c(c1)c(CC(=O)N1CCOCC1)c(C)n2Cc1cccc(Cl)c1Cl. The Hall–Kier alpha value is -2.21. The van der Waals surface area contributed by atoms with Crippen molar-refractivity contribution in [2.24, 2.45) is 0 Å². The molecule has 30 heavy (non-hydrogen) atoms. The van der Waals surface area contributed by atoms with Crippen LogP contribution in [-0.2, 0) is 22.5 Å². The Bertz CT molecular complexity index is 1090. The number of benzene rings is 2. The van der Waals surface area contributed by atoms with Crippen LogP contribution in [0.4, 0.5) is 0 Å². The number of morpholine rings is 1. The molecule has 0 unspecified atom stereocenters. The molecule has 1 aromatic heterocycles. The predicted molar refractivity (Wildman–Crippen MR) is 120 cm³/mol. The van der Waals surface area contributed by atoms with E-state index in [1.807, 2.05) is 42.2 Å². The summed E-state index contributed by atoms with van der Waals surface area (Å²) in [4.78, 5) is 14.9. The minimum atomic E-state index is 0.115. The van der Waals surface area contributed by atoms with Crippen molar-refractivity contribution in [1.82, 2.24) is 9.47 Å². The van der Waals surface area contributed by atoms with Gasteiger partial charge >= 0.3 is 0 Å². The molecule has 1 aliphatic rings. The summed E-state index contributed by atoms with van der Waals surface area (Å²) in [7, 11) is 1.65. The van der Waals surface area contributed by atoms with Crippen molar-refractivity contribution < 1.29 is 14.3 Å². The number of hydrogen-bond acceptors (Lipinski definition) is 3. The van der Waals surface area contributed by atoms with Gasteiger partial charge in [0.15, 0.2) is 0 Å². The van der Waals surface area contributed by atoms with Gasteiger partial charge in [-0.25, -0.2) is 0 Å². The van der Waals surface area contributed by atoms with Crippen molar-refractivity contribution in [2.75, 3.05) is 33.4 Å². The van der Waals surface area contributed by atoms with E-state index in [0.29, 0.717) is 49.3 Å². The van der Waals surface area contributed by atoms with Gasteiger partial charge < -0.3 is 18.9 Å². The molecule has 0 atom stereocenters. The van der Waals surface area contributed by atoms with Crippen molar-refractivity contribution >= 4 is 40.0 Å². The summed E-state index contributed by atoms with van der Waals surface area (Å²) in [5.74, 6) is 0.879. The van der Waals surface area contributed by atoms with Gasteiger partial charge in [-0.3, -0.25) is 4.79 Å². The van der Waals surface area contributed by atoms with Crippen molar-refractivity contribution in [3.05, 3.63) is 63.3 Å². The predicted octanol–water partition coefficient (Wildman–Crippen LogP) is 4.71. The van der Waals surface area contributed by atoms with E-state index < -0.39 is 0 Å². The third-order valence-corrected chi connectivity index (χ3v) is 6.57. The van der Waals surface area contributed by atoms with Crippen LogP contribution in [0.1, 0.15) is 16.8 Å². The zero-order chi connectivity index (χ0) is 21.3. The van der Waals surface area contributed by atoms with Crippen LogP contribution < -0.4 is 4.74 Å². The number of rotatable bonds is 5. The van der Waals surface area contributed by atoms with Gasteiger partial charge in [-0.2, -0.15) is 0 Å². The third kappa shape index (κ3) is 4.02. The lowest BCUT2D eigenvalue weighted by Crippen LogP contribution is -2.41. The molecular formula is C23H24Cl2N2O3. The second-order valence-corrected chi connectivity index (χ2v) is 8.20. The van der Waals surface area contributed by atoms with Gasteiger partial charge in [-0.05, 0) is 42.3 Å². The highest BCUT2D eigenvalue weighted by molar-refractivity contribution is 6.42. The summed E-state index contributed by atoms with van der Waals surface area (Å²) in [6.07, 6.45) is 0.339. The first-order valence-corrected chi connectivity index (χ1v) is 10.7. The van der Waals surface area contributed by atoms with Gasteiger partial charge in [0.25, 0.3) is 0 Å². The van der Waals surface area contributed by atoms with Crippen LogP contribution in [0.2, 0.25) is 10.0 Å². The number of hydrogen-bond donors (Lipinski definition) is 0. The summed E-state index contributed by atoms with van der Waals surface area (Å²) in [5, 5.41) is 2.11. The zero-order valence-corrected chi connectivity index (χ0v) is 18.6. The quantitative estimate of drug-likeness (QED) is 0.569. The number of fused-ring (bicyclic) bond motifs is 1. The van der Waals surface area contributed by atoms with E-state index in [4.69, 9.17) is 32.7 Å². The second kappa shape index (κ2) is 8.88. The Morgan fingerprint density at radius 2 is 1.93 bits per heavy atom. The highest BCUT2D eigenvalue weighted by atomic mass is 35.5. The van der Waals surface area contributed by atoms with Crippen LogP contribution in [0, 0.1) is 6.92 Å². The van der Waals surface area contributed by atoms with Gasteiger partial charge in [0.1, 0.15) is 5.75 Å². The number of aromatic nitrogens is 1. The molecule has 5 nitrogen and oxygen atoms in total. The Morgan fingerprint density at radius 1 is 1.17 bits per heavy atom. The largest absolute Gasteiger partial charge is 0.497 e. The van der Waals surface area contributed by atoms with E-state index in [9.17, 15) is 4.79 Å². The topological polar surface area (TPSA) is 43.7 Å². The molecule has 158 valence electrons. The van der Waals surface area contributed by atoms with Gasteiger partial charge in [0, 0.05) is 36.2 Å². The standard InChI is InChI=1S/C23H24Cl2N2O3/c1-15-18(13-22(28)26-8-10-30-11-9-26)19-12-17(29-2)6-7-21(19)27(15)14-16-4-3-5-20(24)23(16)25/h3-7,12H,8-11,13-14H2,1-2H3. The Balaban J connectivity index is 1.76. The molecule has 0 bridgehead atoms. The summed E-state index contributed by atoms with van der Waals surface area (Å²) in [6, 6.07) is 11.6. The Labute approximate surface area is 186 Å². The summed E-state index contributed by atoms with van der Waals surface area (Å²) in [5.41, 5.74) is 4.02. The highest BCUT2D eigenvalue weighted by Crippen LogP contribution is 2.33. The fourth-order valence-corrected chi connectivity index (χ4v) is 4.38. The van der Waals surface area contributed by atoms with Crippen LogP contribution in [-0.4, -0.2) is 48.8 Å². The average molecular weight is 447 g/mol. The van der Waals surface area contributed by atoms with Crippen LogP contribution in [0.15, 0.2) is 36.4 Å². The molecule has 4 rings (SSSR count). The van der Waals surface area contributed by atoms with E-state index >= 15 is 0 Å². The maximum Gasteiger partial charge on any atom is 0.227 e.